The number of carbonyl (C=O) groups excluding carboxylic acids is 2. The van der Waals surface area contributed by atoms with E-state index in [1.54, 1.807) is 19.2 Å². The summed E-state index contributed by atoms with van der Waals surface area (Å²) < 4.78 is 7.35. The van der Waals surface area contributed by atoms with Crippen LogP contribution in [0.25, 0.3) is 11.0 Å². The van der Waals surface area contributed by atoms with Gasteiger partial charge in [0.15, 0.2) is 0 Å². The summed E-state index contributed by atoms with van der Waals surface area (Å²) in [5.74, 6) is 0.374. The molecule has 3 aromatic carbocycles. The topological polar surface area (TPSA) is 76.5 Å². The molecule has 4 rings (SSSR count). The van der Waals surface area contributed by atoms with Crippen LogP contribution >= 0.6 is 0 Å². The fourth-order valence-electron chi connectivity index (χ4n) is 4.76. The van der Waals surface area contributed by atoms with E-state index in [9.17, 15) is 9.59 Å². The van der Waals surface area contributed by atoms with E-state index in [4.69, 9.17) is 9.72 Å². The third kappa shape index (κ3) is 5.73. The van der Waals surface area contributed by atoms with Crippen molar-refractivity contribution in [2.24, 2.45) is 0 Å². The van der Waals surface area contributed by atoms with Crippen molar-refractivity contribution in [3.05, 3.63) is 95.3 Å². The number of anilines is 1. The lowest BCUT2D eigenvalue weighted by Crippen LogP contribution is -2.44. The van der Waals surface area contributed by atoms with Crippen molar-refractivity contribution in [1.29, 1.82) is 0 Å². The van der Waals surface area contributed by atoms with Gasteiger partial charge < -0.3 is 19.5 Å². The van der Waals surface area contributed by atoms with E-state index < -0.39 is 0 Å². The number of aromatic nitrogens is 2. The lowest BCUT2D eigenvalue weighted by atomic mass is 10.0. The number of aryl methyl sites for hydroxylation is 2. The number of para-hydroxylation sites is 3. The molecule has 0 aliphatic carbocycles. The van der Waals surface area contributed by atoms with Crippen molar-refractivity contribution >= 4 is 28.5 Å². The highest BCUT2D eigenvalue weighted by molar-refractivity contribution is 5.96. The molecule has 0 bridgehead atoms. The molecule has 0 saturated heterocycles. The van der Waals surface area contributed by atoms with Gasteiger partial charge in [0.1, 0.15) is 12.4 Å². The molecule has 1 atom stereocenters. The van der Waals surface area contributed by atoms with Crippen molar-refractivity contribution in [3.63, 3.8) is 0 Å². The highest BCUT2D eigenvalue weighted by Crippen LogP contribution is 2.29. The second kappa shape index (κ2) is 11.8. The average molecular weight is 499 g/mol. The minimum Gasteiger partial charge on any atom is -0.383 e. The second-order valence-corrected chi connectivity index (χ2v) is 9.16. The lowest BCUT2D eigenvalue weighted by molar-refractivity contribution is -0.119. The number of hydrogen-bond acceptors (Lipinski definition) is 4. The number of benzene rings is 3. The molecule has 0 spiro atoms. The summed E-state index contributed by atoms with van der Waals surface area (Å²) in [5.41, 5.74) is 5.29. The van der Waals surface area contributed by atoms with Gasteiger partial charge in [0.05, 0.1) is 35.9 Å². The molecule has 37 heavy (non-hydrogen) atoms. The Labute approximate surface area is 218 Å². The minimum atomic E-state index is -0.187. The molecule has 2 amide bonds. The van der Waals surface area contributed by atoms with Gasteiger partial charge in [-0.05, 0) is 55.7 Å². The summed E-state index contributed by atoms with van der Waals surface area (Å²) in [4.78, 5) is 33.3. The number of methoxy groups -OCH3 is 1. The van der Waals surface area contributed by atoms with Gasteiger partial charge >= 0.3 is 0 Å². The number of ether oxygens (including phenoxy) is 1. The zero-order valence-electron chi connectivity index (χ0n) is 21.9. The predicted molar refractivity (Wildman–Crippen MR) is 147 cm³/mol. The second-order valence-electron chi connectivity index (χ2n) is 9.16. The van der Waals surface area contributed by atoms with Crippen LogP contribution in [0.3, 0.4) is 0 Å². The average Bonchev–Trinajstić information content (AvgIpc) is 3.26. The van der Waals surface area contributed by atoms with E-state index in [-0.39, 0.29) is 30.9 Å². The first-order valence-corrected chi connectivity index (χ1v) is 12.6. The number of imidazole rings is 1. The summed E-state index contributed by atoms with van der Waals surface area (Å²) in [5, 5.41) is 2.95. The molecule has 0 unspecified atom stereocenters. The molecular weight excluding hydrogens is 464 g/mol. The molecule has 4 aromatic rings. The maximum Gasteiger partial charge on any atom is 0.251 e. The van der Waals surface area contributed by atoms with Crippen LogP contribution in [-0.2, 0) is 29.0 Å². The summed E-state index contributed by atoms with van der Waals surface area (Å²) in [6, 6.07) is 22.7. The van der Waals surface area contributed by atoms with Crippen LogP contribution in [0, 0.1) is 6.92 Å². The summed E-state index contributed by atoms with van der Waals surface area (Å²) >= 11 is 0. The highest BCUT2D eigenvalue weighted by atomic mass is 16.5. The Bertz CT molecular complexity index is 1380. The van der Waals surface area contributed by atoms with Crippen LogP contribution in [0.5, 0.6) is 0 Å². The summed E-state index contributed by atoms with van der Waals surface area (Å²) in [6.45, 7) is 6.83. The maximum atomic E-state index is 14.0. The first-order valence-electron chi connectivity index (χ1n) is 12.6. The molecule has 7 heteroatoms. The first-order chi connectivity index (χ1) is 17.9. The zero-order chi connectivity index (χ0) is 26.4. The molecule has 1 heterocycles. The van der Waals surface area contributed by atoms with Crippen LogP contribution in [-0.4, -0.2) is 41.1 Å². The molecule has 0 aliphatic heterocycles. The van der Waals surface area contributed by atoms with Crippen molar-refractivity contribution < 1.29 is 14.3 Å². The van der Waals surface area contributed by atoms with Gasteiger partial charge in [-0.25, -0.2) is 4.98 Å². The number of fused-ring (bicyclic) bond motifs is 1. The molecule has 0 fully saturated rings. The molecule has 0 radical (unpaired) electrons. The molecule has 1 aromatic heterocycles. The Kier molecular flexibility index (Phi) is 8.36. The Balaban J connectivity index is 1.68. The lowest BCUT2D eigenvalue weighted by Gasteiger charge is -2.32. The van der Waals surface area contributed by atoms with Crippen LogP contribution in [0.4, 0.5) is 5.69 Å². The maximum absolute atomic E-state index is 14.0. The molecule has 0 aliphatic rings. The van der Waals surface area contributed by atoms with E-state index in [1.165, 1.54) is 0 Å². The molecule has 1 N–H and O–H groups in total. The number of rotatable bonds is 10. The Morgan fingerprint density at radius 3 is 2.49 bits per heavy atom. The van der Waals surface area contributed by atoms with Gasteiger partial charge in [0.25, 0.3) is 5.91 Å². The SMILES string of the molecule is CCc1cccc(C)c1N(C(=O)Cn1c(CNC(=O)c2ccccc2)nc2ccccc21)[C@@H](C)COC. The number of nitrogens with zero attached hydrogens (tertiary/aromatic N) is 3. The van der Waals surface area contributed by atoms with E-state index in [0.29, 0.717) is 18.0 Å². The quantitative estimate of drug-likeness (QED) is 0.337. The van der Waals surface area contributed by atoms with Crippen molar-refractivity contribution in [2.75, 3.05) is 18.6 Å². The molecule has 192 valence electrons. The Morgan fingerprint density at radius 1 is 1.03 bits per heavy atom. The summed E-state index contributed by atoms with van der Waals surface area (Å²) in [6.07, 6.45) is 0.811. The van der Waals surface area contributed by atoms with Gasteiger partial charge in [0.2, 0.25) is 5.91 Å². The van der Waals surface area contributed by atoms with Crippen LogP contribution < -0.4 is 10.2 Å². The van der Waals surface area contributed by atoms with Gasteiger partial charge in [-0.2, -0.15) is 0 Å². The van der Waals surface area contributed by atoms with Crippen molar-refractivity contribution in [3.8, 4) is 0 Å². The van der Waals surface area contributed by atoms with Crippen LogP contribution in [0.2, 0.25) is 0 Å². The minimum absolute atomic E-state index is 0.0626. The van der Waals surface area contributed by atoms with Crippen LogP contribution in [0.15, 0.2) is 72.8 Å². The largest absolute Gasteiger partial charge is 0.383 e. The van der Waals surface area contributed by atoms with Gasteiger partial charge in [0, 0.05) is 12.7 Å². The Morgan fingerprint density at radius 2 is 1.76 bits per heavy atom. The van der Waals surface area contributed by atoms with Crippen molar-refractivity contribution in [1.82, 2.24) is 14.9 Å². The number of hydrogen-bond donors (Lipinski definition) is 1. The first kappa shape index (κ1) is 26.1. The van der Waals surface area contributed by atoms with E-state index in [2.05, 4.69) is 18.3 Å². The highest BCUT2D eigenvalue weighted by Gasteiger charge is 2.27. The van der Waals surface area contributed by atoms with Gasteiger partial charge in [-0.1, -0.05) is 55.5 Å². The Hall–Kier alpha value is -3.97. The fraction of sp³-hybridized carbons (Fsp3) is 0.300. The molecule has 0 saturated carbocycles. The van der Waals surface area contributed by atoms with Crippen molar-refractivity contribution in [2.45, 2.75) is 46.3 Å². The number of amides is 2. The zero-order valence-corrected chi connectivity index (χ0v) is 21.9. The monoisotopic (exact) mass is 498 g/mol. The number of carbonyl (C=O) groups is 2. The van der Waals surface area contributed by atoms with Gasteiger partial charge in [-0.15, -0.1) is 0 Å². The van der Waals surface area contributed by atoms with Crippen LogP contribution in [0.1, 0.15) is 41.2 Å². The third-order valence-electron chi connectivity index (χ3n) is 6.53. The molecule has 7 nitrogen and oxygen atoms in total. The smallest absolute Gasteiger partial charge is 0.251 e. The summed E-state index contributed by atoms with van der Waals surface area (Å²) in [7, 11) is 1.65. The predicted octanol–water partition coefficient (Wildman–Crippen LogP) is 4.91. The van der Waals surface area contributed by atoms with E-state index in [0.717, 1.165) is 34.3 Å². The number of nitrogens with one attached hydrogen (secondary N) is 1. The fourth-order valence-corrected chi connectivity index (χ4v) is 4.76. The van der Waals surface area contributed by atoms with E-state index >= 15 is 0 Å². The molecular formula is C30H34N4O3. The normalized spacial score (nSPS) is 11.9. The third-order valence-corrected chi connectivity index (χ3v) is 6.53. The van der Waals surface area contributed by atoms with Gasteiger partial charge in [-0.3, -0.25) is 9.59 Å². The van der Waals surface area contributed by atoms with E-state index in [1.807, 2.05) is 77.9 Å². The standard InChI is InChI=1S/C30H34N4O3/c1-5-23-15-11-12-21(2)29(23)34(22(3)20-37-4)28(35)19-33-26-17-10-9-16-25(26)32-27(33)18-31-30(36)24-13-7-6-8-14-24/h6-17,22H,5,18-20H2,1-4H3,(H,31,36)/t22-/m0/s1.